The maximum atomic E-state index is 10.1. The summed E-state index contributed by atoms with van der Waals surface area (Å²) < 4.78 is 0. The molecule has 1 heterocycles. The summed E-state index contributed by atoms with van der Waals surface area (Å²) in [6.07, 6.45) is 1.81. The molecule has 0 spiro atoms. The Morgan fingerprint density at radius 1 is 1.22 bits per heavy atom. The van der Waals surface area contributed by atoms with Gasteiger partial charge in [-0.3, -0.25) is 14.7 Å². The molecule has 0 bridgehead atoms. The molecule has 0 aliphatic rings. The van der Waals surface area contributed by atoms with Gasteiger partial charge in [0.2, 0.25) is 0 Å². The Labute approximate surface area is 107 Å². The molecule has 1 aromatic carbocycles. The lowest BCUT2D eigenvalue weighted by molar-refractivity contribution is -0.141. The average Bonchev–Trinajstić information content (AvgIpc) is 2.38. The van der Waals surface area contributed by atoms with E-state index in [1.165, 1.54) is 5.39 Å². The molecule has 0 radical (unpaired) electrons. The number of pyridine rings is 1. The Balaban J connectivity index is 0.000000187. The number of aromatic nitrogens is 1. The zero-order valence-electron chi connectivity index (χ0n) is 10.9. The fourth-order valence-electron chi connectivity index (χ4n) is 1.24. The molecule has 0 saturated carbocycles. The molecule has 1 unspecified atom stereocenters. The number of nitrogens with zero attached hydrogens (tertiary/aromatic N) is 2. The molecule has 4 heteroatoms. The number of para-hydroxylation sites is 1. The van der Waals surface area contributed by atoms with Crippen molar-refractivity contribution in [2.45, 2.75) is 13.0 Å². The van der Waals surface area contributed by atoms with Gasteiger partial charge in [-0.1, -0.05) is 24.3 Å². The second kappa shape index (κ2) is 6.71. The van der Waals surface area contributed by atoms with Crippen LogP contribution in [0.25, 0.3) is 10.9 Å². The summed E-state index contributed by atoms with van der Waals surface area (Å²) in [5.41, 5.74) is 1.06. The summed E-state index contributed by atoms with van der Waals surface area (Å²) in [6.45, 7) is 1.64. The molecular weight excluding hydrogens is 228 g/mol. The normalized spacial score (nSPS) is 11.8. The molecule has 0 fully saturated rings. The van der Waals surface area contributed by atoms with E-state index in [4.69, 9.17) is 5.11 Å². The van der Waals surface area contributed by atoms with Crippen LogP contribution < -0.4 is 0 Å². The number of aliphatic carboxylic acids is 1. The van der Waals surface area contributed by atoms with Crippen molar-refractivity contribution in [2.75, 3.05) is 14.1 Å². The van der Waals surface area contributed by atoms with E-state index in [1.807, 2.05) is 30.5 Å². The summed E-state index contributed by atoms with van der Waals surface area (Å²) >= 11 is 0. The van der Waals surface area contributed by atoms with Crippen LogP contribution in [-0.4, -0.2) is 41.1 Å². The summed E-state index contributed by atoms with van der Waals surface area (Å²) in [6, 6.07) is 11.7. The fraction of sp³-hybridized carbons (Fsp3) is 0.286. The number of hydrogen-bond donors (Lipinski definition) is 1. The maximum absolute atomic E-state index is 10.1. The smallest absolute Gasteiger partial charge is 0.320 e. The third-order valence-corrected chi connectivity index (χ3v) is 2.64. The van der Waals surface area contributed by atoms with Crippen molar-refractivity contribution in [1.29, 1.82) is 0 Å². The Morgan fingerprint density at radius 3 is 2.33 bits per heavy atom. The van der Waals surface area contributed by atoms with E-state index in [9.17, 15) is 4.79 Å². The molecule has 0 amide bonds. The molecule has 4 nitrogen and oxygen atoms in total. The average molecular weight is 246 g/mol. The highest BCUT2D eigenvalue weighted by Crippen LogP contribution is 2.07. The summed E-state index contributed by atoms with van der Waals surface area (Å²) in [5.74, 6) is -0.782. The van der Waals surface area contributed by atoms with E-state index in [0.717, 1.165) is 5.52 Å². The molecular formula is C14H18N2O2. The zero-order valence-corrected chi connectivity index (χ0v) is 10.9. The third-order valence-electron chi connectivity index (χ3n) is 2.64. The van der Waals surface area contributed by atoms with Crippen LogP contribution in [0.3, 0.4) is 0 Å². The first-order valence-electron chi connectivity index (χ1n) is 5.71. The van der Waals surface area contributed by atoms with Crippen molar-refractivity contribution in [1.82, 2.24) is 9.88 Å². The van der Waals surface area contributed by atoms with Crippen LogP contribution >= 0.6 is 0 Å². The molecule has 96 valence electrons. The maximum Gasteiger partial charge on any atom is 0.320 e. The van der Waals surface area contributed by atoms with Crippen molar-refractivity contribution in [2.24, 2.45) is 0 Å². The number of rotatable bonds is 2. The van der Waals surface area contributed by atoms with Crippen LogP contribution in [0.15, 0.2) is 42.6 Å². The van der Waals surface area contributed by atoms with Gasteiger partial charge in [0.1, 0.15) is 6.04 Å². The van der Waals surface area contributed by atoms with Crippen molar-refractivity contribution < 1.29 is 9.90 Å². The standard InChI is InChI=1S/C9H7N.C5H11NO2/c1-2-6-9-8(4-1)5-3-7-10-9;1-4(5(7)8)6(2)3/h1-7H;4H,1-3H3,(H,7,8). The summed E-state index contributed by atoms with van der Waals surface area (Å²) in [7, 11) is 3.47. The highest BCUT2D eigenvalue weighted by atomic mass is 16.4. The monoisotopic (exact) mass is 246 g/mol. The van der Waals surface area contributed by atoms with E-state index < -0.39 is 5.97 Å². The fourth-order valence-corrected chi connectivity index (χ4v) is 1.24. The van der Waals surface area contributed by atoms with E-state index in [-0.39, 0.29) is 6.04 Å². The first kappa shape index (κ1) is 14.1. The Kier molecular flexibility index (Phi) is 5.27. The van der Waals surface area contributed by atoms with Gasteiger partial charge < -0.3 is 5.11 Å². The molecule has 1 atom stereocenters. The van der Waals surface area contributed by atoms with E-state index in [1.54, 1.807) is 25.9 Å². The number of fused-ring (bicyclic) bond motifs is 1. The predicted molar refractivity (Wildman–Crippen MR) is 72.5 cm³/mol. The lowest BCUT2D eigenvalue weighted by Gasteiger charge is -2.13. The first-order valence-corrected chi connectivity index (χ1v) is 5.71. The van der Waals surface area contributed by atoms with Crippen molar-refractivity contribution in [3.8, 4) is 0 Å². The van der Waals surface area contributed by atoms with Gasteiger partial charge in [0.15, 0.2) is 0 Å². The number of carbonyl (C=O) groups is 1. The van der Waals surface area contributed by atoms with Gasteiger partial charge in [0, 0.05) is 11.6 Å². The minimum Gasteiger partial charge on any atom is -0.480 e. The van der Waals surface area contributed by atoms with E-state index in [0.29, 0.717) is 0 Å². The zero-order chi connectivity index (χ0) is 13.5. The molecule has 2 rings (SSSR count). The van der Waals surface area contributed by atoms with E-state index >= 15 is 0 Å². The third kappa shape index (κ3) is 4.14. The number of likely N-dealkylation sites (N-methyl/N-ethyl adjacent to an activating group) is 1. The van der Waals surface area contributed by atoms with Crippen LogP contribution in [0.4, 0.5) is 0 Å². The lowest BCUT2D eigenvalue weighted by Crippen LogP contribution is -2.32. The molecule has 18 heavy (non-hydrogen) atoms. The molecule has 0 aliphatic carbocycles. The van der Waals surface area contributed by atoms with Crippen LogP contribution in [0, 0.1) is 0 Å². The molecule has 1 aromatic heterocycles. The van der Waals surface area contributed by atoms with Crippen LogP contribution in [-0.2, 0) is 4.79 Å². The van der Waals surface area contributed by atoms with Gasteiger partial charge in [-0.2, -0.15) is 0 Å². The Hall–Kier alpha value is -1.94. The number of benzene rings is 1. The Morgan fingerprint density at radius 2 is 1.83 bits per heavy atom. The van der Waals surface area contributed by atoms with Crippen LogP contribution in [0.2, 0.25) is 0 Å². The second-order valence-electron chi connectivity index (χ2n) is 4.17. The number of hydrogen-bond acceptors (Lipinski definition) is 3. The topological polar surface area (TPSA) is 53.4 Å². The number of carboxylic acids is 1. The van der Waals surface area contributed by atoms with Crippen LogP contribution in [0.1, 0.15) is 6.92 Å². The minimum absolute atomic E-state index is 0.380. The first-order chi connectivity index (χ1) is 8.52. The minimum atomic E-state index is -0.782. The van der Waals surface area contributed by atoms with Gasteiger partial charge >= 0.3 is 5.97 Å². The molecule has 1 N–H and O–H groups in total. The van der Waals surface area contributed by atoms with Gasteiger partial charge in [-0.05, 0) is 33.2 Å². The summed E-state index contributed by atoms with van der Waals surface area (Å²) in [5, 5.41) is 9.51. The van der Waals surface area contributed by atoms with Crippen molar-refractivity contribution in [3.63, 3.8) is 0 Å². The lowest BCUT2D eigenvalue weighted by atomic mass is 10.2. The van der Waals surface area contributed by atoms with Crippen LogP contribution in [0.5, 0.6) is 0 Å². The molecule has 0 saturated heterocycles. The molecule has 2 aromatic rings. The Bertz CT molecular complexity index is 446. The van der Waals surface area contributed by atoms with Gasteiger partial charge in [0.25, 0.3) is 0 Å². The predicted octanol–water partition coefficient (Wildman–Crippen LogP) is 2.26. The summed E-state index contributed by atoms with van der Waals surface area (Å²) in [4.78, 5) is 15.9. The highest BCUT2D eigenvalue weighted by Gasteiger charge is 2.11. The van der Waals surface area contributed by atoms with E-state index in [2.05, 4.69) is 17.1 Å². The van der Waals surface area contributed by atoms with Gasteiger partial charge in [-0.25, -0.2) is 0 Å². The second-order valence-corrected chi connectivity index (χ2v) is 4.17. The van der Waals surface area contributed by atoms with Gasteiger partial charge in [0.05, 0.1) is 5.52 Å². The SMILES string of the molecule is CC(C(=O)O)N(C)C.c1ccc2ncccc2c1. The largest absolute Gasteiger partial charge is 0.480 e. The quantitative estimate of drug-likeness (QED) is 0.883. The van der Waals surface area contributed by atoms with Gasteiger partial charge in [-0.15, -0.1) is 0 Å². The van der Waals surface area contributed by atoms with Crippen molar-refractivity contribution in [3.05, 3.63) is 42.6 Å². The number of carboxylic acid groups (broad SMARTS) is 1. The molecule has 0 aliphatic heterocycles. The van der Waals surface area contributed by atoms with Crippen molar-refractivity contribution >= 4 is 16.9 Å². The highest BCUT2D eigenvalue weighted by molar-refractivity contribution is 5.77.